The molecule has 0 saturated carbocycles. The van der Waals surface area contributed by atoms with E-state index in [2.05, 4.69) is 21.2 Å². The summed E-state index contributed by atoms with van der Waals surface area (Å²) in [5, 5.41) is 13.8. The summed E-state index contributed by atoms with van der Waals surface area (Å²) in [7, 11) is 0. The van der Waals surface area contributed by atoms with Crippen LogP contribution in [0.5, 0.6) is 5.75 Å². The van der Waals surface area contributed by atoms with Gasteiger partial charge in [0.2, 0.25) is 0 Å². The third kappa shape index (κ3) is 4.35. The number of halogens is 1. The number of nitrogens with one attached hydrogen (secondary N) is 1. The van der Waals surface area contributed by atoms with Gasteiger partial charge in [0, 0.05) is 34.5 Å². The number of nitro benzene ring substituents is 1. The maximum atomic E-state index is 10.6. The van der Waals surface area contributed by atoms with Crippen LogP contribution in [0.2, 0.25) is 0 Å². The maximum absolute atomic E-state index is 10.6. The normalized spacial score (nSPS) is 10.1. The number of nitro groups is 1. The lowest BCUT2D eigenvalue weighted by Crippen LogP contribution is -2.11. The molecule has 0 saturated heterocycles. The molecule has 2 aromatic rings. The van der Waals surface area contributed by atoms with Gasteiger partial charge >= 0.3 is 0 Å². The van der Waals surface area contributed by atoms with E-state index in [9.17, 15) is 10.1 Å². The Hall–Kier alpha value is -2.28. The molecule has 0 aliphatic carbocycles. The second kappa shape index (κ2) is 6.94. The zero-order chi connectivity index (χ0) is 15.2. The third-order valence-corrected chi connectivity index (χ3v) is 3.39. The van der Waals surface area contributed by atoms with Gasteiger partial charge in [-0.15, -0.1) is 0 Å². The summed E-state index contributed by atoms with van der Waals surface area (Å²) in [5.41, 5.74) is 7.10. The minimum atomic E-state index is -0.432. The van der Waals surface area contributed by atoms with E-state index in [4.69, 9.17) is 10.5 Å². The van der Waals surface area contributed by atoms with Gasteiger partial charge in [-0.25, -0.2) is 0 Å². The topological polar surface area (TPSA) is 90.4 Å². The Morgan fingerprint density at radius 1 is 1.24 bits per heavy atom. The van der Waals surface area contributed by atoms with Gasteiger partial charge in [0.1, 0.15) is 12.4 Å². The van der Waals surface area contributed by atoms with E-state index in [0.29, 0.717) is 23.3 Å². The van der Waals surface area contributed by atoms with E-state index in [1.54, 1.807) is 30.3 Å². The van der Waals surface area contributed by atoms with Gasteiger partial charge in [0.15, 0.2) is 0 Å². The van der Waals surface area contributed by atoms with Crippen molar-refractivity contribution in [2.45, 2.75) is 0 Å². The van der Waals surface area contributed by atoms with E-state index < -0.39 is 4.92 Å². The van der Waals surface area contributed by atoms with Crippen molar-refractivity contribution in [2.75, 3.05) is 24.2 Å². The molecule has 110 valence electrons. The highest BCUT2D eigenvalue weighted by Gasteiger charge is 2.08. The van der Waals surface area contributed by atoms with Crippen LogP contribution < -0.4 is 15.8 Å². The zero-order valence-corrected chi connectivity index (χ0v) is 12.7. The van der Waals surface area contributed by atoms with Crippen LogP contribution in [0.1, 0.15) is 0 Å². The monoisotopic (exact) mass is 351 g/mol. The Morgan fingerprint density at radius 2 is 1.95 bits per heavy atom. The SMILES string of the molecule is Nc1ccc(OCCNc2ccc([N+](=O)[O-])cc2Br)cc1. The largest absolute Gasteiger partial charge is 0.492 e. The number of hydrogen-bond acceptors (Lipinski definition) is 5. The summed E-state index contributed by atoms with van der Waals surface area (Å²) in [6.45, 7) is 1.04. The van der Waals surface area contributed by atoms with Gasteiger partial charge in [-0.2, -0.15) is 0 Å². The number of hydrogen-bond donors (Lipinski definition) is 2. The summed E-state index contributed by atoms with van der Waals surface area (Å²) in [4.78, 5) is 10.2. The molecule has 0 bridgehead atoms. The number of benzene rings is 2. The van der Waals surface area contributed by atoms with Crippen molar-refractivity contribution < 1.29 is 9.66 Å². The molecule has 2 rings (SSSR count). The van der Waals surface area contributed by atoms with Crippen molar-refractivity contribution in [1.29, 1.82) is 0 Å². The van der Waals surface area contributed by atoms with Crippen LogP contribution in [0.25, 0.3) is 0 Å². The lowest BCUT2D eigenvalue weighted by Gasteiger charge is -2.10. The highest BCUT2D eigenvalue weighted by atomic mass is 79.9. The Balaban J connectivity index is 1.83. The van der Waals surface area contributed by atoms with Crippen molar-refractivity contribution >= 4 is 33.0 Å². The Labute approximate surface area is 130 Å². The van der Waals surface area contributed by atoms with Crippen LogP contribution in [-0.2, 0) is 0 Å². The van der Waals surface area contributed by atoms with E-state index in [1.165, 1.54) is 12.1 Å². The fourth-order valence-electron chi connectivity index (χ4n) is 1.68. The molecule has 0 unspecified atom stereocenters. The molecule has 3 N–H and O–H groups in total. The minimum Gasteiger partial charge on any atom is -0.492 e. The molecule has 0 heterocycles. The average Bonchev–Trinajstić information content (AvgIpc) is 2.46. The molecular weight excluding hydrogens is 338 g/mol. The Bertz CT molecular complexity index is 632. The van der Waals surface area contributed by atoms with Gasteiger partial charge < -0.3 is 15.8 Å². The first-order chi connectivity index (χ1) is 10.1. The molecule has 0 aromatic heterocycles. The quantitative estimate of drug-likeness (QED) is 0.360. The van der Waals surface area contributed by atoms with Gasteiger partial charge in [-0.1, -0.05) is 0 Å². The van der Waals surface area contributed by atoms with E-state index in [1.807, 2.05) is 0 Å². The van der Waals surface area contributed by atoms with Crippen LogP contribution >= 0.6 is 15.9 Å². The van der Waals surface area contributed by atoms with Crippen LogP contribution in [0.3, 0.4) is 0 Å². The van der Waals surface area contributed by atoms with Gasteiger partial charge in [-0.3, -0.25) is 10.1 Å². The van der Waals surface area contributed by atoms with Gasteiger partial charge in [0.05, 0.1) is 4.92 Å². The number of ether oxygens (including phenoxy) is 1. The summed E-state index contributed by atoms with van der Waals surface area (Å²) in [6, 6.07) is 11.7. The predicted molar refractivity (Wildman–Crippen MR) is 85.6 cm³/mol. The fraction of sp³-hybridized carbons (Fsp3) is 0.143. The fourth-order valence-corrected chi connectivity index (χ4v) is 2.19. The highest BCUT2D eigenvalue weighted by Crippen LogP contribution is 2.26. The average molecular weight is 352 g/mol. The second-order valence-corrected chi connectivity index (χ2v) is 5.12. The molecule has 0 spiro atoms. The van der Waals surface area contributed by atoms with Crippen LogP contribution in [0.4, 0.5) is 17.1 Å². The van der Waals surface area contributed by atoms with E-state index in [0.717, 1.165) is 11.4 Å². The van der Waals surface area contributed by atoms with E-state index >= 15 is 0 Å². The van der Waals surface area contributed by atoms with Crippen LogP contribution in [-0.4, -0.2) is 18.1 Å². The summed E-state index contributed by atoms with van der Waals surface area (Å²) < 4.78 is 6.19. The summed E-state index contributed by atoms with van der Waals surface area (Å²) in [5.74, 6) is 0.744. The number of rotatable bonds is 6. The lowest BCUT2D eigenvalue weighted by atomic mass is 10.3. The number of nitrogens with two attached hydrogens (primary N) is 1. The Morgan fingerprint density at radius 3 is 2.57 bits per heavy atom. The first-order valence-corrected chi connectivity index (χ1v) is 7.02. The molecule has 6 nitrogen and oxygen atoms in total. The van der Waals surface area contributed by atoms with Gasteiger partial charge in [0.25, 0.3) is 5.69 Å². The predicted octanol–water partition coefficient (Wildman–Crippen LogP) is 3.43. The lowest BCUT2D eigenvalue weighted by molar-refractivity contribution is -0.384. The number of non-ortho nitro benzene ring substituents is 1. The number of nitrogens with zero attached hydrogens (tertiary/aromatic N) is 1. The zero-order valence-electron chi connectivity index (χ0n) is 11.1. The van der Waals surface area contributed by atoms with Crippen LogP contribution in [0, 0.1) is 10.1 Å². The number of nitrogen functional groups attached to an aromatic ring is 1. The van der Waals surface area contributed by atoms with Gasteiger partial charge in [-0.05, 0) is 46.3 Å². The molecule has 0 radical (unpaired) electrons. The van der Waals surface area contributed by atoms with Crippen molar-refractivity contribution in [1.82, 2.24) is 0 Å². The molecule has 0 fully saturated rings. The Kier molecular flexibility index (Phi) is 4.99. The molecular formula is C14H14BrN3O3. The molecule has 0 aliphatic heterocycles. The highest BCUT2D eigenvalue weighted by molar-refractivity contribution is 9.10. The van der Waals surface area contributed by atoms with Crippen molar-refractivity contribution in [3.63, 3.8) is 0 Å². The number of anilines is 2. The standard InChI is InChI=1S/C14H14BrN3O3/c15-13-9-11(18(19)20)3-6-14(13)17-7-8-21-12-4-1-10(16)2-5-12/h1-6,9,17H,7-8,16H2. The molecule has 7 heteroatoms. The maximum Gasteiger partial charge on any atom is 0.270 e. The molecule has 0 amide bonds. The molecule has 2 aromatic carbocycles. The molecule has 0 aliphatic rings. The molecule has 0 atom stereocenters. The smallest absolute Gasteiger partial charge is 0.270 e. The first-order valence-electron chi connectivity index (χ1n) is 6.22. The van der Waals surface area contributed by atoms with Crippen LogP contribution in [0.15, 0.2) is 46.9 Å². The van der Waals surface area contributed by atoms with Crippen molar-refractivity contribution in [3.8, 4) is 5.75 Å². The van der Waals surface area contributed by atoms with Crippen molar-refractivity contribution in [2.24, 2.45) is 0 Å². The second-order valence-electron chi connectivity index (χ2n) is 4.27. The van der Waals surface area contributed by atoms with E-state index in [-0.39, 0.29) is 5.69 Å². The molecule has 21 heavy (non-hydrogen) atoms. The summed E-state index contributed by atoms with van der Waals surface area (Å²) in [6.07, 6.45) is 0. The summed E-state index contributed by atoms with van der Waals surface area (Å²) >= 11 is 3.30. The first kappa shape index (κ1) is 15.1. The van der Waals surface area contributed by atoms with Crippen molar-refractivity contribution in [3.05, 3.63) is 57.1 Å². The third-order valence-electron chi connectivity index (χ3n) is 2.73. The minimum absolute atomic E-state index is 0.0468.